The standard InChI is InChI=1S/C15H12N2.C12H8NS.Au/c1-3-7-14(8-4-1)16-11-12-17(13-16)15-9-5-2-6-10-15;1-3-7-11-9(5-1)13-10-6-2-4-8-12(10)14-11;/h1-12H;1-8H;/q+2;-1;+1. The zero-order chi connectivity index (χ0) is 20.9. The second-order valence-electron chi connectivity index (χ2n) is 6.96. The monoisotopic (exact) mass is 615 g/mol. The molecule has 4 aromatic carbocycles. The van der Waals surface area contributed by atoms with E-state index in [1.165, 1.54) is 9.79 Å². The van der Waals surface area contributed by atoms with Crippen LogP contribution in [0.3, 0.4) is 0 Å². The van der Waals surface area contributed by atoms with Crippen LogP contribution in [0.2, 0.25) is 0 Å². The summed E-state index contributed by atoms with van der Waals surface area (Å²) < 4.78 is 3.96. The van der Waals surface area contributed by atoms with Crippen LogP contribution in [0.1, 0.15) is 0 Å². The van der Waals surface area contributed by atoms with Crippen molar-refractivity contribution in [2.45, 2.75) is 9.79 Å². The minimum absolute atomic E-state index is 0. The van der Waals surface area contributed by atoms with Gasteiger partial charge in [0.2, 0.25) is 11.4 Å². The van der Waals surface area contributed by atoms with E-state index in [1.54, 1.807) is 11.8 Å². The van der Waals surface area contributed by atoms with E-state index in [2.05, 4.69) is 72.0 Å². The van der Waals surface area contributed by atoms with E-state index >= 15 is 0 Å². The molecule has 0 saturated heterocycles. The topological polar surface area (TPSA) is 20.1 Å². The predicted molar refractivity (Wildman–Crippen MR) is 127 cm³/mol. The van der Waals surface area contributed by atoms with Gasteiger partial charge in [0.25, 0.3) is 12.4 Å². The molecule has 32 heavy (non-hydrogen) atoms. The summed E-state index contributed by atoms with van der Waals surface area (Å²) in [6.07, 6.45) is 4.00. The van der Waals surface area contributed by atoms with Gasteiger partial charge in [-0.2, -0.15) is 0 Å². The maximum Gasteiger partial charge on any atom is 1.00 e. The molecule has 0 aliphatic carbocycles. The van der Waals surface area contributed by atoms with Crippen molar-refractivity contribution >= 4 is 40.5 Å². The molecule has 0 spiro atoms. The fourth-order valence-corrected chi connectivity index (χ4v) is 4.27. The Balaban J connectivity index is 0.000000151. The van der Waals surface area contributed by atoms with Crippen LogP contribution in [0, 0.1) is 0 Å². The second kappa shape index (κ2) is 10.5. The predicted octanol–water partition coefficient (Wildman–Crippen LogP) is 7.82. The van der Waals surface area contributed by atoms with Gasteiger partial charge in [-0.15, -0.1) is 11.4 Å². The summed E-state index contributed by atoms with van der Waals surface area (Å²) >= 11 is 1.79. The summed E-state index contributed by atoms with van der Waals surface area (Å²) in [5, 5.41) is 4.59. The van der Waals surface area contributed by atoms with E-state index < -0.39 is 0 Å². The van der Waals surface area contributed by atoms with Crippen LogP contribution < -0.4 is 0 Å². The molecule has 0 saturated carbocycles. The van der Waals surface area contributed by atoms with Crippen molar-refractivity contribution in [1.82, 2.24) is 0 Å². The first-order valence-electron chi connectivity index (χ1n) is 10.1. The molecule has 2 heterocycles. The third kappa shape index (κ3) is 5.03. The third-order valence-corrected chi connectivity index (χ3v) is 5.97. The number of hydrogen-bond acceptors (Lipinski definition) is 1. The van der Waals surface area contributed by atoms with E-state index in [0.717, 1.165) is 22.7 Å². The van der Waals surface area contributed by atoms with E-state index in [0.29, 0.717) is 0 Å². The summed E-state index contributed by atoms with van der Waals surface area (Å²) in [5.41, 5.74) is 4.39. The van der Waals surface area contributed by atoms with Gasteiger partial charge in [0.15, 0.2) is 0 Å². The molecule has 0 aromatic heterocycles. The SMILES string of the molecule is C1=[N+](c2ccccc2)C=C[N+]=1c1ccccc1.[Au+].c1ccc2c(c1)[N-]c1ccccc1S2. The Kier molecular flexibility index (Phi) is 7.23. The molecule has 2 aliphatic rings. The number of rotatable bonds is 2. The van der Waals surface area contributed by atoms with E-state index in [4.69, 9.17) is 0 Å². The Morgan fingerprint density at radius 1 is 0.531 bits per heavy atom. The molecule has 0 bridgehead atoms. The Labute approximate surface area is 208 Å². The van der Waals surface area contributed by atoms with Crippen LogP contribution >= 0.6 is 11.8 Å². The molecule has 6 rings (SSSR count). The zero-order valence-electron chi connectivity index (χ0n) is 17.1. The smallest absolute Gasteiger partial charge is 0.656 e. The number of benzene rings is 4. The summed E-state index contributed by atoms with van der Waals surface area (Å²) in [7, 11) is 0. The van der Waals surface area contributed by atoms with Crippen molar-refractivity contribution in [3.8, 4) is 0 Å². The molecule has 0 radical (unpaired) electrons. The van der Waals surface area contributed by atoms with Crippen molar-refractivity contribution in [2.24, 2.45) is 0 Å². The number of nitrogens with zero attached hydrogens (tertiary/aromatic N) is 3. The van der Waals surface area contributed by atoms with Crippen LogP contribution in [0.25, 0.3) is 5.32 Å². The Morgan fingerprint density at radius 2 is 0.938 bits per heavy atom. The minimum atomic E-state index is 0. The molecule has 0 fully saturated rings. The molecule has 0 unspecified atom stereocenters. The first kappa shape index (κ1) is 22.1. The first-order valence-corrected chi connectivity index (χ1v) is 10.9. The van der Waals surface area contributed by atoms with Gasteiger partial charge < -0.3 is 5.32 Å². The fraction of sp³-hybridized carbons (Fsp3) is 0. The van der Waals surface area contributed by atoms with E-state index in [-0.39, 0.29) is 22.4 Å². The Morgan fingerprint density at radius 3 is 1.41 bits per heavy atom. The van der Waals surface area contributed by atoms with E-state index in [1.807, 2.05) is 70.1 Å². The van der Waals surface area contributed by atoms with Crippen molar-refractivity contribution in [3.05, 3.63) is 127 Å². The van der Waals surface area contributed by atoms with Gasteiger partial charge in [-0.05, 0) is 21.9 Å². The van der Waals surface area contributed by atoms with E-state index in [9.17, 15) is 0 Å². The molecule has 5 heteroatoms. The molecule has 4 aromatic rings. The zero-order valence-corrected chi connectivity index (χ0v) is 20.1. The molecule has 0 N–H and O–H groups in total. The van der Waals surface area contributed by atoms with Crippen molar-refractivity contribution in [2.75, 3.05) is 0 Å². The quantitative estimate of drug-likeness (QED) is 0.147. The van der Waals surface area contributed by atoms with Gasteiger partial charge in [-0.3, -0.25) is 0 Å². The molecule has 2 aliphatic heterocycles. The Hall–Kier alpha value is -3.11. The Bertz CT molecular complexity index is 1170. The summed E-state index contributed by atoms with van der Waals surface area (Å²) in [6, 6.07) is 40.1. The average molecular weight is 616 g/mol. The normalized spacial score (nSPS) is 12.6. The molecule has 158 valence electrons. The molecular weight excluding hydrogens is 595 g/mol. The average Bonchev–Trinajstić information content (AvgIpc) is 3.35. The van der Waals surface area contributed by atoms with Crippen LogP contribution in [0.15, 0.2) is 131 Å². The van der Waals surface area contributed by atoms with Gasteiger partial charge in [0, 0.05) is 24.3 Å². The minimum Gasteiger partial charge on any atom is -0.656 e. The molecule has 0 atom stereocenters. The first-order chi connectivity index (χ1) is 15.4. The van der Waals surface area contributed by atoms with Gasteiger partial charge in [0.1, 0.15) is 0 Å². The molecular formula is C27H20AuN3S+2. The van der Waals surface area contributed by atoms with Crippen molar-refractivity contribution in [3.63, 3.8) is 0 Å². The summed E-state index contributed by atoms with van der Waals surface area (Å²) in [4.78, 5) is 2.48. The molecule has 3 nitrogen and oxygen atoms in total. The van der Waals surface area contributed by atoms with Crippen LogP contribution in [-0.2, 0) is 22.4 Å². The van der Waals surface area contributed by atoms with Crippen molar-refractivity contribution < 1.29 is 31.5 Å². The molecule has 0 amide bonds. The third-order valence-electron chi connectivity index (χ3n) is 4.84. The van der Waals surface area contributed by atoms with Gasteiger partial charge >= 0.3 is 28.4 Å². The van der Waals surface area contributed by atoms with Gasteiger partial charge in [0.05, 0.1) is 0 Å². The van der Waals surface area contributed by atoms with Crippen LogP contribution in [0.4, 0.5) is 22.7 Å². The maximum absolute atomic E-state index is 4.59. The summed E-state index contributed by atoms with van der Waals surface area (Å²) in [5.74, 6) is 0. The van der Waals surface area contributed by atoms with Crippen LogP contribution in [0.5, 0.6) is 0 Å². The fourth-order valence-electron chi connectivity index (χ4n) is 3.30. The number of hydrogen-bond donors (Lipinski definition) is 0. The number of para-hydroxylation sites is 4. The van der Waals surface area contributed by atoms with Crippen LogP contribution in [-0.4, -0.2) is 15.2 Å². The van der Waals surface area contributed by atoms with Gasteiger partial charge in [-0.1, -0.05) is 93.7 Å². The van der Waals surface area contributed by atoms with Crippen molar-refractivity contribution in [1.29, 1.82) is 0 Å². The number of fused-ring (bicyclic) bond motifs is 2. The van der Waals surface area contributed by atoms with Gasteiger partial charge in [-0.25, -0.2) is 0 Å². The largest absolute Gasteiger partial charge is 1.00 e. The summed E-state index contributed by atoms with van der Waals surface area (Å²) in [6.45, 7) is 0. The second-order valence-corrected chi connectivity index (χ2v) is 8.04. The maximum atomic E-state index is 4.59.